The molecule has 3 N–H and O–H groups in total. The first-order chi connectivity index (χ1) is 23.7. The summed E-state index contributed by atoms with van der Waals surface area (Å²) >= 11 is 1.26. The van der Waals surface area contributed by atoms with Crippen LogP contribution in [0.1, 0.15) is 36.1 Å². The number of amides is 3. The average Bonchev–Trinajstić information content (AvgIpc) is 3.67. The fourth-order valence-corrected chi connectivity index (χ4v) is 6.77. The second-order valence-corrected chi connectivity index (χ2v) is 12.2. The number of aromatic nitrogens is 1. The highest BCUT2D eigenvalue weighted by atomic mass is 32.1. The minimum absolute atomic E-state index is 0.0406. The van der Waals surface area contributed by atoms with Gasteiger partial charge in [0.2, 0.25) is 28.9 Å². The maximum atomic E-state index is 14.1. The lowest BCUT2D eigenvalue weighted by atomic mass is 9.94. The summed E-state index contributed by atoms with van der Waals surface area (Å²) in [5.41, 5.74) is 3.41. The molecular formula is C36H34N4O8S. The van der Waals surface area contributed by atoms with Gasteiger partial charge in [-0.15, -0.1) is 11.3 Å². The van der Waals surface area contributed by atoms with E-state index in [4.69, 9.17) is 18.6 Å². The Morgan fingerprint density at radius 1 is 1.00 bits per heavy atom. The number of fused-ring (bicyclic) bond motifs is 4. The predicted octanol–water partition coefficient (Wildman–Crippen LogP) is 5.03. The van der Waals surface area contributed by atoms with Crippen molar-refractivity contribution in [2.75, 3.05) is 33.2 Å². The number of aryl methyl sites for hydroxylation is 1. The lowest BCUT2D eigenvalue weighted by molar-refractivity contribution is -0.123. The zero-order chi connectivity index (χ0) is 34.7. The molecule has 12 nitrogen and oxygen atoms in total. The highest BCUT2D eigenvalue weighted by Gasteiger charge is 2.31. The smallest absolute Gasteiger partial charge is 0.245 e. The molecule has 13 heteroatoms. The van der Waals surface area contributed by atoms with Crippen LogP contribution in [0.2, 0.25) is 0 Å². The van der Waals surface area contributed by atoms with E-state index in [1.807, 2.05) is 42.5 Å². The number of hydrogen-bond donors (Lipinski definition) is 3. The van der Waals surface area contributed by atoms with Crippen molar-refractivity contribution in [1.29, 1.82) is 0 Å². The molecule has 1 atom stereocenters. The van der Waals surface area contributed by atoms with Gasteiger partial charge >= 0.3 is 0 Å². The summed E-state index contributed by atoms with van der Waals surface area (Å²) in [4.78, 5) is 56.5. The summed E-state index contributed by atoms with van der Waals surface area (Å²) < 4.78 is 23.6. The van der Waals surface area contributed by atoms with Crippen LogP contribution in [0.4, 0.5) is 5.13 Å². The monoisotopic (exact) mass is 682 g/mol. The van der Waals surface area contributed by atoms with Crippen molar-refractivity contribution in [3.05, 3.63) is 87.0 Å². The van der Waals surface area contributed by atoms with Crippen LogP contribution in [-0.4, -0.2) is 50.6 Å². The Morgan fingerprint density at radius 2 is 1.78 bits per heavy atom. The quantitative estimate of drug-likeness (QED) is 0.184. The number of nitrogens with one attached hydrogen (secondary N) is 3. The van der Waals surface area contributed by atoms with Crippen LogP contribution in [0.15, 0.2) is 69.3 Å². The molecule has 3 amide bonds. The number of rotatable bonds is 10. The van der Waals surface area contributed by atoms with Crippen LogP contribution in [0.5, 0.6) is 17.2 Å². The fraction of sp³-hybridized carbons (Fsp3) is 0.250. The SMILES string of the molecule is COc1cc2c(c(OC)c1OC)-c1cc3c(CC(=O)NCC(=O)Nc4nccs4)c(-c4ccccc4)oc3c(=O)cc1[C@@H](NC(C)=O)CC2. The number of anilines is 1. The van der Waals surface area contributed by atoms with Crippen molar-refractivity contribution in [1.82, 2.24) is 15.6 Å². The molecular weight excluding hydrogens is 648 g/mol. The van der Waals surface area contributed by atoms with Crippen molar-refractivity contribution in [3.8, 4) is 39.7 Å². The van der Waals surface area contributed by atoms with Gasteiger partial charge in [0, 0.05) is 40.6 Å². The molecule has 1 aliphatic carbocycles. The number of hydrogen-bond acceptors (Lipinski definition) is 10. The van der Waals surface area contributed by atoms with E-state index in [2.05, 4.69) is 20.9 Å². The number of methoxy groups -OCH3 is 3. The molecule has 49 heavy (non-hydrogen) atoms. The molecule has 0 unspecified atom stereocenters. The molecule has 0 radical (unpaired) electrons. The number of nitrogens with zero attached hydrogens (tertiary/aromatic N) is 1. The number of carbonyl (C=O) groups is 3. The van der Waals surface area contributed by atoms with Crippen LogP contribution in [0, 0.1) is 0 Å². The second-order valence-electron chi connectivity index (χ2n) is 11.4. The molecule has 1 aliphatic rings. The summed E-state index contributed by atoms with van der Waals surface area (Å²) in [5.74, 6) is 0.435. The molecule has 3 aromatic carbocycles. The Kier molecular flexibility index (Phi) is 9.63. The summed E-state index contributed by atoms with van der Waals surface area (Å²) in [7, 11) is 4.58. The summed E-state index contributed by atoms with van der Waals surface area (Å²) in [5, 5.41) is 10.9. The van der Waals surface area contributed by atoms with Crippen LogP contribution in [0.3, 0.4) is 0 Å². The van der Waals surface area contributed by atoms with Crippen LogP contribution < -0.4 is 35.6 Å². The number of ether oxygens (including phenoxy) is 3. The van der Waals surface area contributed by atoms with Gasteiger partial charge in [-0.2, -0.15) is 0 Å². The molecule has 0 aliphatic heterocycles. The fourth-order valence-electron chi connectivity index (χ4n) is 6.23. The molecule has 252 valence electrons. The van der Waals surface area contributed by atoms with Crippen LogP contribution >= 0.6 is 11.3 Å². The van der Waals surface area contributed by atoms with Crippen LogP contribution in [0.25, 0.3) is 33.4 Å². The first-order valence-corrected chi connectivity index (χ1v) is 16.3. The van der Waals surface area contributed by atoms with Gasteiger partial charge in [-0.1, -0.05) is 30.3 Å². The van der Waals surface area contributed by atoms with Gasteiger partial charge in [0.05, 0.1) is 40.3 Å². The first-order valence-electron chi connectivity index (χ1n) is 15.5. The van der Waals surface area contributed by atoms with Crippen molar-refractivity contribution in [2.24, 2.45) is 0 Å². The third-order valence-electron chi connectivity index (χ3n) is 8.29. The summed E-state index contributed by atoms with van der Waals surface area (Å²) in [6.07, 6.45) is 2.37. The Hall–Kier alpha value is -5.69. The predicted molar refractivity (Wildman–Crippen MR) is 185 cm³/mol. The molecule has 0 saturated carbocycles. The summed E-state index contributed by atoms with van der Waals surface area (Å²) in [6, 6.07) is 13.8. The van der Waals surface area contributed by atoms with E-state index in [1.165, 1.54) is 45.7 Å². The van der Waals surface area contributed by atoms with E-state index in [0.717, 1.165) is 5.56 Å². The molecule has 0 fully saturated rings. The van der Waals surface area contributed by atoms with E-state index >= 15 is 0 Å². The molecule has 0 bridgehead atoms. The van der Waals surface area contributed by atoms with E-state index in [-0.39, 0.29) is 24.5 Å². The summed E-state index contributed by atoms with van der Waals surface area (Å²) in [6.45, 7) is 1.15. The maximum absolute atomic E-state index is 14.1. The Morgan fingerprint density at radius 3 is 2.45 bits per heavy atom. The number of thiazole rings is 1. The average molecular weight is 683 g/mol. The molecule has 2 aromatic heterocycles. The molecule has 5 aromatic rings. The highest BCUT2D eigenvalue weighted by Crippen LogP contribution is 2.51. The zero-order valence-corrected chi connectivity index (χ0v) is 28.1. The lowest BCUT2D eigenvalue weighted by Crippen LogP contribution is -2.33. The second kappa shape index (κ2) is 14.2. The van der Waals surface area contributed by atoms with E-state index < -0.39 is 23.3 Å². The Balaban J connectivity index is 1.56. The van der Waals surface area contributed by atoms with Crippen molar-refractivity contribution in [2.45, 2.75) is 32.2 Å². The van der Waals surface area contributed by atoms with Gasteiger partial charge in [0.25, 0.3) is 0 Å². The largest absolute Gasteiger partial charge is 0.493 e. The van der Waals surface area contributed by atoms with Gasteiger partial charge < -0.3 is 34.6 Å². The molecule has 0 saturated heterocycles. The van der Waals surface area contributed by atoms with E-state index in [0.29, 0.717) is 74.2 Å². The topological polar surface area (TPSA) is 158 Å². The minimum Gasteiger partial charge on any atom is -0.493 e. The zero-order valence-electron chi connectivity index (χ0n) is 27.3. The van der Waals surface area contributed by atoms with Gasteiger partial charge in [-0.25, -0.2) is 4.98 Å². The van der Waals surface area contributed by atoms with Gasteiger partial charge in [0.15, 0.2) is 22.2 Å². The lowest BCUT2D eigenvalue weighted by Gasteiger charge is -2.20. The van der Waals surface area contributed by atoms with Crippen molar-refractivity contribution in [3.63, 3.8) is 0 Å². The third kappa shape index (κ3) is 6.70. The maximum Gasteiger partial charge on any atom is 0.245 e. The number of carbonyl (C=O) groups excluding carboxylic acids is 3. The van der Waals surface area contributed by atoms with Gasteiger partial charge in [0.1, 0.15) is 5.76 Å². The van der Waals surface area contributed by atoms with E-state index in [9.17, 15) is 19.2 Å². The normalized spacial score (nSPS) is 13.4. The molecule has 6 rings (SSSR count). The molecule has 0 spiro atoms. The highest BCUT2D eigenvalue weighted by molar-refractivity contribution is 7.13. The van der Waals surface area contributed by atoms with Crippen molar-refractivity contribution < 1.29 is 33.0 Å². The number of furan rings is 1. The van der Waals surface area contributed by atoms with Crippen molar-refractivity contribution >= 4 is 45.2 Å². The number of benzene rings is 2. The van der Waals surface area contributed by atoms with Gasteiger partial charge in [-0.05, 0) is 47.7 Å². The van der Waals surface area contributed by atoms with E-state index in [1.54, 1.807) is 11.6 Å². The Bertz CT molecular complexity index is 2110. The molecule has 2 heterocycles. The van der Waals surface area contributed by atoms with Crippen LogP contribution in [-0.2, 0) is 27.2 Å². The first kappa shape index (κ1) is 33.2. The van der Waals surface area contributed by atoms with Gasteiger partial charge in [-0.3, -0.25) is 19.2 Å². The minimum atomic E-state index is -0.525. The standard InChI is InChI=1S/C36H34N4O8S/c1-19(41)39-26-11-10-21-14-28(45-2)34(46-3)35(47-4)31(21)23-15-24-25(17-29(43)38-18-30(44)40-36-37-12-13-49-36)32(20-8-6-5-7-9-20)48-33(24)27(42)16-22(23)26/h5-9,12-16,26H,10-11,17-18H2,1-4H3,(H,38,43)(H,39,41)(H,37,40,44)/t26-/m0/s1. The third-order valence-corrected chi connectivity index (χ3v) is 8.98. The Labute approximate surface area is 285 Å².